The third kappa shape index (κ3) is 3.83. The van der Waals surface area contributed by atoms with Crippen molar-refractivity contribution < 1.29 is 19.8 Å². The molecule has 5 N–H and O–H groups in total. The average Bonchev–Trinajstić information content (AvgIpc) is 2.36. The van der Waals surface area contributed by atoms with Gasteiger partial charge in [0, 0.05) is 5.56 Å². The number of carboxylic acids is 1. The zero-order valence-corrected chi connectivity index (χ0v) is 9.80. The van der Waals surface area contributed by atoms with Crippen molar-refractivity contribution in [1.82, 2.24) is 5.32 Å². The number of rotatable bonds is 6. The van der Waals surface area contributed by atoms with Gasteiger partial charge in [-0.1, -0.05) is 12.1 Å². The Hall–Kier alpha value is -1.92. The molecule has 1 atom stereocenters. The van der Waals surface area contributed by atoms with E-state index in [0.717, 1.165) is 12.0 Å². The topological polar surface area (TPSA) is 113 Å². The molecule has 0 unspecified atom stereocenters. The van der Waals surface area contributed by atoms with Crippen LogP contribution in [-0.4, -0.2) is 41.3 Å². The van der Waals surface area contributed by atoms with E-state index in [2.05, 4.69) is 5.32 Å². The Morgan fingerprint density at radius 3 is 2.33 bits per heavy atom. The lowest BCUT2D eigenvalue weighted by Crippen LogP contribution is -2.43. The summed E-state index contributed by atoms with van der Waals surface area (Å²) >= 11 is 0. The van der Waals surface area contributed by atoms with Crippen LogP contribution in [0.25, 0.3) is 0 Å². The summed E-state index contributed by atoms with van der Waals surface area (Å²) in [4.78, 5) is 22.3. The molecule has 0 aliphatic rings. The number of carbonyl (C=O) groups is 2. The molecule has 0 radical (unpaired) electrons. The second kappa shape index (κ2) is 6.73. The minimum Gasteiger partial charge on any atom is -0.480 e. The third-order valence-electron chi connectivity index (χ3n) is 2.44. The van der Waals surface area contributed by atoms with Gasteiger partial charge in [-0.3, -0.25) is 4.79 Å². The number of aliphatic hydroxyl groups is 1. The van der Waals surface area contributed by atoms with Crippen LogP contribution in [0.1, 0.15) is 15.9 Å². The summed E-state index contributed by atoms with van der Waals surface area (Å²) in [5.41, 5.74) is 6.75. The Bertz CT molecular complexity index is 417. The molecule has 1 rings (SSSR count). The molecule has 1 aromatic rings. The number of nitrogens with two attached hydrogens (primary N) is 1. The highest BCUT2D eigenvalue weighted by molar-refractivity contribution is 5.96. The number of benzene rings is 1. The zero-order chi connectivity index (χ0) is 13.5. The van der Waals surface area contributed by atoms with Crippen molar-refractivity contribution in [1.29, 1.82) is 0 Å². The molecular weight excluding hydrogens is 236 g/mol. The van der Waals surface area contributed by atoms with Crippen molar-refractivity contribution in [3.8, 4) is 0 Å². The molecule has 6 nitrogen and oxygen atoms in total. The van der Waals surface area contributed by atoms with E-state index in [1.165, 1.54) is 0 Å². The number of hydrogen-bond acceptors (Lipinski definition) is 4. The molecule has 0 aliphatic heterocycles. The molecule has 18 heavy (non-hydrogen) atoms. The molecule has 98 valence electrons. The molecule has 0 bridgehead atoms. The maximum Gasteiger partial charge on any atom is 0.328 e. The molecule has 0 saturated carbocycles. The highest BCUT2D eigenvalue weighted by atomic mass is 16.4. The SMILES string of the molecule is NCCc1ccc(C(=O)N[C@H](CO)C(=O)O)cc1. The van der Waals surface area contributed by atoms with Crippen molar-refractivity contribution in [3.63, 3.8) is 0 Å². The maximum atomic E-state index is 11.7. The van der Waals surface area contributed by atoms with Crippen LogP contribution in [-0.2, 0) is 11.2 Å². The summed E-state index contributed by atoms with van der Waals surface area (Å²) in [6.45, 7) is -0.122. The van der Waals surface area contributed by atoms with E-state index in [0.29, 0.717) is 12.1 Å². The lowest BCUT2D eigenvalue weighted by Gasteiger charge is -2.11. The van der Waals surface area contributed by atoms with Gasteiger partial charge in [-0.25, -0.2) is 4.79 Å². The summed E-state index contributed by atoms with van der Waals surface area (Å²) in [6, 6.07) is 5.42. The number of amides is 1. The summed E-state index contributed by atoms with van der Waals surface area (Å²) in [6.07, 6.45) is 0.719. The second-order valence-corrected chi connectivity index (χ2v) is 3.78. The lowest BCUT2D eigenvalue weighted by atomic mass is 10.1. The first kappa shape index (κ1) is 14.1. The smallest absolute Gasteiger partial charge is 0.328 e. The van der Waals surface area contributed by atoms with Crippen LogP contribution in [0.4, 0.5) is 0 Å². The first-order valence-electron chi connectivity index (χ1n) is 5.52. The van der Waals surface area contributed by atoms with Gasteiger partial charge in [-0.15, -0.1) is 0 Å². The number of aliphatic hydroxyl groups excluding tert-OH is 1. The van der Waals surface area contributed by atoms with Crippen LogP contribution < -0.4 is 11.1 Å². The molecule has 0 aromatic heterocycles. The molecule has 1 amide bonds. The first-order chi connectivity index (χ1) is 8.58. The standard InChI is InChI=1S/C12H16N2O4/c13-6-5-8-1-3-9(4-2-8)11(16)14-10(7-15)12(17)18/h1-4,10,15H,5-7,13H2,(H,14,16)(H,17,18)/t10-/m1/s1. The zero-order valence-electron chi connectivity index (χ0n) is 9.80. The van der Waals surface area contributed by atoms with Gasteiger partial charge in [-0.2, -0.15) is 0 Å². The van der Waals surface area contributed by atoms with Crippen molar-refractivity contribution >= 4 is 11.9 Å². The summed E-state index contributed by atoms with van der Waals surface area (Å²) in [5.74, 6) is -1.80. The quantitative estimate of drug-likeness (QED) is 0.538. The fourth-order valence-electron chi connectivity index (χ4n) is 1.42. The van der Waals surface area contributed by atoms with Gasteiger partial charge < -0.3 is 21.3 Å². The van der Waals surface area contributed by atoms with E-state index in [-0.39, 0.29) is 0 Å². The normalized spacial score (nSPS) is 11.9. The summed E-state index contributed by atoms with van der Waals surface area (Å²) in [7, 11) is 0. The van der Waals surface area contributed by atoms with E-state index >= 15 is 0 Å². The Kier molecular flexibility index (Phi) is 5.29. The van der Waals surface area contributed by atoms with Crippen LogP contribution in [0.15, 0.2) is 24.3 Å². The number of carbonyl (C=O) groups excluding carboxylic acids is 1. The van der Waals surface area contributed by atoms with Crippen molar-refractivity contribution in [2.24, 2.45) is 5.73 Å². The molecule has 1 aromatic carbocycles. The van der Waals surface area contributed by atoms with Gasteiger partial charge in [0.15, 0.2) is 6.04 Å². The summed E-state index contributed by atoms with van der Waals surface area (Å²) < 4.78 is 0. The third-order valence-corrected chi connectivity index (χ3v) is 2.44. The molecule has 6 heteroatoms. The number of nitrogens with one attached hydrogen (secondary N) is 1. The van der Waals surface area contributed by atoms with Gasteiger partial charge in [-0.05, 0) is 30.7 Å². The van der Waals surface area contributed by atoms with Crippen molar-refractivity contribution in [2.45, 2.75) is 12.5 Å². The lowest BCUT2D eigenvalue weighted by molar-refractivity contribution is -0.140. The molecule has 0 saturated heterocycles. The van der Waals surface area contributed by atoms with Gasteiger partial charge in [0.25, 0.3) is 5.91 Å². The van der Waals surface area contributed by atoms with Crippen molar-refractivity contribution in [2.75, 3.05) is 13.2 Å². The van der Waals surface area contributed by atoms with Crippen molar-refractivity contribution in [3.05, 3.63) is 35.4 Å². The molecule has 0 fully saturated rings. The number of carboxylic acid groups (broad SMARTS) is 1. The van der Waals surface area contributed by atoms with E-state index in [1.54, 1.807) is 24.3 Å². The molecule has 0 aliphatic carbocycles. The predicted octanol–water partition coefficient (Wildman–Crippen LogP) is -0.637. The van der Waals surface area contributed by atoms with Crippen LogP contribution in [0.5, 0.6) is 0 Å². The van der Waals surface area contributed by atoms with Crippen LogP contribution in [0.2, 0.25) is 0 Å². The van der Waals surface area contributed by atoms with E-state index in [9.17, 15) is 9.59 Å². The van der Waals surface area contributed by atoms with E-state index in [1.807, 2.05) is 0 Å². The number of hydrogen-bond donors (Lipinski definition) is 4. The number of aliphatic carboxylic acids is 1. The molecule has 0 spiro atoms. The molecular formula is C12H16N2O4. The first-order valence-corrected chi connectivity index (χ1v) is 5.52. The molecule has 0 heterocycles. The summed E-state index contributed by atoms with van der Waals surface area (Å²) in [5, 5.41) is 19.7. The monoisotopic (exact) mass is 252 g/mol. The fraction of sp³-hybridized carbons (Fsp3) is 0.333. The Balaban J connectivity index is 2.69. The average molecular weight is 252 g/mol. The Morgan fingerprint density at radius 2 is 1.89 bits per heavy atom. The highest BCUT2D eigenvalue weighted by Gasteiger charge is 2.19. The Morgan fingerprint density at radius 1 is 1.28 bits per heavy atom. The van der Waals surface area contributed by atoms with Gasteiger partial charge in [0.05, 0.1) is 6.61 Å². The fourth-order valence-corrected chi connectivity index (χ4v) is 1.42. The van der Waals surface area contributed by atoms with Crippen LogP contribution in [0, 0.1) is 0 Å². The van der Waals surface area contributed by atoms with Gasteiger partial charge >= 0.3 is 5.97 Å². The van der Waals surface area contributed by atoms with Gasteiger partial charge in [0.1, 0.15) is 0 Å². The van der Waals surface area contributed by atoms with Crippen LogP contribution in [0.3, 0.4) is 0 Å². The maximum absolute atomic E-state index is 11.7. The van der Waals surface area contributed by atoms with Gasteiger partial charge in [0.2, 0.25) is 0 Å². The van der Waals surface area contributed by atoms with E-state index < -0.39 is 24.5 Å². The minimum atomic E-state index is -1.29. The predicted molar refractivity (Wildman–Crippen MR) is 65.2 cm³/mol. The minimum absolute atomic E-state index is 0.343. The largest absolute Gasteiger partial charge is 0.480 e. The highest BCUT2D eigenvalue weighted by Crippen LogP contribution is 2.05. The van der Waals surface area contributed by atoms with Crippen LogP contribution >= 0.6 is 0 Å². The second-order valence-electron chi connectivity index (χ2n) is 3.78. The van der Waals surface area contributed by atoms with E-state index in [4.69, 9.17) is 15.9 Å². The Labute approximate surface area is 104 Å².